The van der Waals surface area contributed by atoms with Gasteiger partial charge in [0.15, 0.2) is 0 Å². The minimum atomic E-state index is 0.0644. The van der Waals surface area contributed by atoms with Crippen LogP contribution in [0.2, 0.25) is 0 Å². The van der Waals surface area contributed by atoms with Crippen LogP contribution in [0.25, 0.3) is 5.57 Å². The van der Waals surface area contributed by atoms with Gasteiger partial charge < -0.3 is 5.73 Å². The number of pyridine rings is 1. The molecule has 1 unspecified atom stereocenters. The van der Waals surface area contributed by atoms with E-state index in [1.807, 2.05) is 30.3 Å². The van der Waals surface area contributed by atoms with Crippen LogP contribution in [0.5, 0.6) is 0 Å². The zero-order chi connectivity index (χ0) is 13.7. The van der Waals surface area contributed by atoms with Crippen LogP contribution >= 0.6 is 0 Å². The topological polar surface area (TPSA) is 62.8 Å². The lowest BCUT2D eigenvalue weighted by Gasteiger charge is -2.17. The van der Waals surface area contributed by atoms with Crippen molar-refractivity contribution in [2.45, 2.75) is 5.82 Å². The van der Waals surface area contributed by atoms with Crippen LogP contribution in [0, 0.1) is 5.41 Å². The van der Waals surface area contributed by atoms with Crippen LogP contribution in [0.3, 0.4) is 0 Å². The summed E-state index contributed by atoms with van der Waals surface area (Å²) in [5.74, 6) is 0.238. The number of hydrogen-bond donors (Lipinski definition) is 2. The summed E-state index contributed by atoms with van der Waals surface area (Å²) in [6.07, 6.45) is 5.22. The predicted molar refractivity (Wildman–Crippen MR) is 81.9 cm³/mol. The van der Waals surface area contributed by atoms with Crippen LogP contribution in [0.15, 0.2) is 60.9 Å². The minimum Gasteiger partial charge on any atom is -0.384 e. The smallest absolute Gasteiger partial charge is 0.116 e. The number of benzene rings is 1. The van der Waals surface area contributed by atoms with Crippen LogP contribution < -0.4 is 5.73 Å². The molecule has 0 spiro atoms. The van der Waals surface area contributed by atoms with Crippen molar-refractivity contribution in [3.8, 4) is 0 Å². The third-order valence-corrected chi connectivity index (χ3v) is 3.09. The summed E-state index contributed by atoms with van der Waals surface area (Å²) in [4.78, 5) is 4.03. The molecule has 0 aliphatic heterocycles. The van der Waals surface area contributed by atoms with Crippen LogP contribution in [-0.4, -0.2) is 18.7 Å². The Morgan fingerprint density at radius 1 is 1.16 bits per heavy atom. The molecule has 0 aliphatic carbocycles. The number of nitrogens with one attached hydrogen (secondary N) is 1. The largest absolute Gasteiger partial charge is 0.384 e. The second-order valence-electron chi connectivity index (χ2n) is 4.42. The average molecular weight is 249 g/mol. The maximum atomic E-state index is 7.52. The molecule has 1 heterocycles. The van der Waals surface area contributed by atoms with E-state index in [4.69, 9.17) is 11.1 Å². The zero-order valence-corrected chi connectivity index (χ0v) is 10.9. The van der Waals surface area contributed by atoms with Gasteiger partial charge in [-0.1, -0.05) is 30.3 Å². The Morgan fingerprint density at radius 3 is 2.37 bits per heavy atom. The summed E-state index contributed by atoms with van der Waals surface area (Å²) in [7, 11) is 2.12. The average Bonchev–Trinajstić information content (AvgIpc) is 2.46. The van der Waals surface area contributed by atoms with E-state index >= 15 is 0 Å². The second-order valence-corrected chi connectivity index (χ2v) is 4.42. The molecular weight excluding hydrogens is 233 g/mol. The Hall–Kier alpha value is -2.36. The van der Waals surface area contributed by atoms with Gasteiger partial charge in [-0.15, -0.1) is 0 Å². The first-order valence-electron chi connectivity index (χ1n) is 6.19. The molecule has 2 aromatic rings. The third kappa shape index (κ3) is 3.31. The van der Waals surface area contributed by atoms with E-state index in [1.165, 1.54) is 5.56 Å². The van der Waals surface area contributed by atoms with Crippen molar-refractivity contribution in [1.82, 2.24) is 4.98 Å². The zero-order valence-electron chi connectivity index (χ0n) is 10.9. The summed E-state index contributed by atoms with van der Waals surface area (Å²) >= 11 is 0. The first kappa shape index (κ1) is 13.1. The third-order valence-electron chi connectivity index (χ3n) is 3.09. The monoisotopic (exact) mass is 249 g/mol. The number of rotatable bonds is 4. The molecule has 0 aliphatic rings. The Labute approximate surface area is 114 Å². The Balaban J connectivity index is 2.43. The van der Waals surface area contributed by atoms with Gasteiger partial charge in [-0.05, 0) is 40.7 Å². The predicted octanol–water partition coefficient (Wildman–Crippen LogP) is 1.78. The van der Waals surface area contributed by atoms with E-state index < -0.39 is 0 Å². The lowest BCUT2D eigenvalue weighted by molar-refractivity contribution is 1.21. The molecule has 3 nitrogen and oxygen atoms in total. The fraction of sp³-hybridized carbons (Fsp3) is 0.0667. The molecule has 0 radical (unpaired) electrons. The van der Waals surface area contributed by atoms with Crippen molar-refractivity contribution in [3.63, 3.8) is 0 Å². The fourth-order valence-electron chi connectivity index (χ4n) is 2.09. The lowest BCUT2D eigenvalue weighted by atomic mass is 9.73. The highest BCUT2D eigenvalue weighted by Gasteiger charge is 2.13. The highest BCUT2D eigenvalue weighted by atomic mass is 14.7. The van der Waals surface area contributed by atoms with Crippen molar-refractivity contribution in [1.29, 1.82) is 5.41 Å². The number of hydrogen-bond acceptors (Lipinski definition) is 2. The van der Waals surface area contributed by atoms with Gasteiger partial charge in [-0.25, -0.2) is 0 Å². The molecule has 0 saturated heterocycles. The van der Waals surface area contributed by atoms with E-state index in [0.29, 0.717) is 0 Å². The standard InChI is InChI=1S/C15H16BN3/c16-15(12-4-2-1-3-5-12)13(10-14(17)18)11-6-8-19-9-7-11/h1-10,15H,16H2,(H3,17,18)/b13-10-. The van der Waals surface area contributed by atoms with Crippen molar-refractivity contribution in [2.24, 2.45) is 5.73 Å². The number of nitrogens with two attached hydrogens (primary N) is 1. The van der Waals surface area contributed by atoms with Gasteiger partial charge in [0.25, 0.3) is 0 Å². The molecule has 3 N–H and O–H groups in total. The number of allylic oxidation sites excluding steroid dienone is 1. The molecule has 94 valence electrons. The molecule has 0 bridgehead atoms. The highest BCUT2D eigenvalue weighted by molar-refractivity contribution is 6.20. The van der Waals surface area contributed by atoms with E-state index in [2.05, 4.69) is 25.0 Å². The SMILES string of the molecule is BC(/C(=C\C(=N)N)c1ccncc1)c1ccccc1. The van der Waals surface area contributed by atoms with Crippen molar-refractivity contribution < 1.29 is 0 Å². The lowest BCUT2D eigenvalue weighted by Crippen LogP contribution is -2.10. The minimum absolute atomic E-state index is 0.0644. The number of nitrogens with zero attached hydrogens (tertiary/aromatic N) is 1. The first-order chi connectivity index (χ1) is 9.18. The summed E-state index contributed by atoms with van der Waals surface area (Å²) in [6.45, 7) is 0. The Bertz CT molecular complexity index is 579. The van der Waals surface area contributed by atoms with Crippen LogP contribution in [0.1, 0.15) is 16.9 Å². The molecule has 2 rings (SSSR count). The molecule has 1 aromatic heterocycles. The molecule has 0 fully saturated rings. The molecule has 0 amide bonds. The summed E-state index contributed by atoms with van der Waals surface area (Å²) < 4.78 is 0. The molecule has 0 saturated carbocycles. The van der Waals surface area contributed by atoms with Gasteiger partial charge in [0.2, 0.25) is 0 Å². The quantitative estimate of drug-likeness (QED) is 0.492. The van der Waals surface area contributed by atoms with Gasteiger partial charge in [0.05, 0.1) is 0 Å². The summed E-state index contributed by atoms with van der Waals surface area (Å²) in [5, 5.41) is 7.52. The van der Waals surface area contributed by atoms with Crippen molar-refractivity contribution >= 4 is 19.3 Å². The van der Waals surface area contributed by atoms with Gasteiger partial charge in [0, 0.05) is 12.4 Å². The first-order valence-corrected chi connectivity index (χ1v) is 6.19. The maximum absolute atomic E-state index is 7.52. The van der Waals surface area contributed by atoms with E-state index in [0.717, 1.165) is 11.1 Å². The maximum Gasteiger partial charge on any atom is 0.116 e. The molecule has 1 atom stereocenters. The normalized spacial score (nSPS) is 12.9. The molecule has 1 aromatic carbocycles. The second kappa shape index (κ2) is 6.00. The summed E-state index contributed by atoms with van der Waals surface area (Å²) in [5.41, 5.74) is 8.81. The van der Waals surface area contributed by atoms with Gasteiger partial charge >= 0.3 is 0 Å². The molecule has 4 heteroatoms. The van der Waals surface area contributed by atoms with Gasteiger partial charge in [-0.3, -0.25) is 10.4 Å². The Kier molecular flexibility index (Phi) is 4.13. The van der Waals surface area contributed by atoms with E-state index in [1.54, 1.807) is 18.5 Å². The van der Waals surface area contributed by atoms with Crippen LogP contribution in [0.4, 0.5) is 0 Å². The van der Waals surface area contributed by atoms with Gasteiger partial charge in [-0.2, -0.15) is 0 Å². The van der Waals surface area contributed by atoms with E-state index in [9.17, 15) is 0 Å². The van der Waals surface area contributed by atoms with Crippen molar-refractivity contribution in [3.05, 3.63) is 72.1 Å². The fourth-order valence-corrected chi connectivity index (χ4v) is 2.09. The highest BCUT2D eigenvalue weighted by Crippen LogP contribution is 2.28. The molecular formula is C15H16BN3. The summed E-state index contributed by atoms with van der Waals surface area (Å²) in [6, 6.07) is 14.1. The van der Waals surface area contributed by atoms with Crippen molar-refractivity contribution in [2.75, 3.05) is 0 Å². The number of aromatic nitrogens is 1. The Morgan fingerprint density at radius 2 is 1.79 bits per heavy atom. The number of amidine groups is 1. The van der Waals surface area contributed by atoms with E-state index in [-0.39, 0.29) is 11.7 Å². The van der Waals surface area contributed by atoms with Gasteiger partial charge in [0.1, 0.15) is 13.7 Å². The van der Waals surface area contributed by atoms with Crippen LogP contribution in [-0.2, 0) is 0 Å². The molecule has 19 heavy (non-hydrogen) atoms.